The third-order valence-electron chi connectivity index (χ3n) is 2.03. The molecule has 0 aromatic heterocycles. The summed E-state index contributed by atoms with van der Waals surface area (Å²) in [6, 6.07) is -0.469. The lowest BCUT2D eigenvalue weighted by Gasteiger charge is -2.22. The summed E-state index contributed by atoms with van der Waals surface area (Å²) in [4.78, 5) is 34.6. The number of aliphatic hydroxyl groups is 1. The van der Waals surface area contributed by atoms with Crippen molar-refractivity contribution in [3.05, 3.63) is 0 Å². The lowest BCUT2D eigenvalue weighted by Crippen LogP contribution is -2.41. The van der Waals surface area contributed by atoms with Gasteiger partial charge in [-0.1, -0.05) is 0 Å². The first-order chi connectivity index (χ1) is 8.69. The lowest BCUT2D eigenvalue weighted by molar-refractivity contribution is -0.138. The highest BCUT2D eigenvalue weighted by Crippen LogP contribution is 2.07. The van der Waals surface area contributed by atoms with Crippen LogP contribution in [0.15, 0.2) is 0 Å². The first kappa shape index (κ1) is 17.4. The van der Waals surface area contributed by atoms with Crippen LogP contribution in [0.1, 0.15) is 34.1 Å². The summed E-state index contributed by atoms with van der Waals surface area (Å²) in [7, 11) is 0. The maximum atomic E-state index is 11.6. The molecule has 0 aliphatic carbocycles. The van der Waals surface area contributed by atoms with E-state index in [1.54, 1.807) is 27.7 Å². The van der Waals surface area contributed by atoms with Gasteiger partial charge in [-0.15, -0.1) is 0 Å². The van der Waals surface area contributed by atoms with Crippen LogP contribution in [0.4, 0.5) is 4.79 Å². The van der Waals surface area contributed by atoms with Gasteiger partial charge in [0.25, 0.3) is 0 Å². The standard InChI is InChI=1S/C12H22N2O5/c1-9(13-11(18)19-12(2,3)4)7-10(17)14(8-16)5-6-15/h8-9,15H,5-7H2,1-4H3,(H,13,18). The van der Waals surface area contributed by atoms with E-state index in [0.29, 0.717) is 6.41 Å². The van der Waals surface area contributed by atoms with Crippen LogP contribution in [0.25, 0.3) is 0 Å². The fourth-order valence-corrected chi connectivity index (χ4v) is 1.28. The minimum atomic E-state index is -0.618. The van der Waals surface area contributed by atoms with Gasteiger partial charge in [0.05, 0.1) is 13.2 Å². The Kier molecular flexibility index (Phi) is 7.06. The van der Waals surface area contributed by atoms with Gasteiger partial charge < -0.3 is 15.2 Å². The Morgan fingerprint density at radius 1 is 1.42 bits per heavy atom. The molecule has 7 nitrogen and oxygen atoms in total. The van der Waals surface area contributed by atoms with Gasteiger partial charge in [0, 0.05) is 12.5 Å². The largest absolute Gasteiger partial charge is 0.444 e. The minimum absolute atomic E-state index is 0.0437. The molecule has 0 saturated heterocycles. The SMILES string of the molecule is CC(CC(=O)N(C=O)CCO)NC(=O)OC(C)(C)C. The van der Waals surface area contributed by atoms with E-state index < -0.39 is 23.6 Å². The Morgan fingerprint density at radius 3 is 2.42 bits per heavy atom. The van der Waals surface area contributed by atoms with Crippen LogP contribution in [-0.4, -0.2) is 53.2 Å². The van der Waals surface area contributed by atoms with Gasteiger partial charge in [-0.05, 0) is 27.7 Å². The van der Waals surface area contributed by atoms with E-state index >= 15 is 0 Å². The molecule has 2 N–H and O–H groups in total. The zero-order chi connectivity index (χ0) is 15.1. The Labute approximate surface area is 112 Å². The summed E-state index contributed by atoms with van der Waals surface area (Å²) >= 11 is 0. The van der Waals surface area contributed by atoms with Crippen molar-refractivity contribution in [2.45, 2.75) is 45.8 Å². The molecule has 3 amide bonds. The predicted octanol–water partition coefficient (Wildman–Crippen LogP) is 0.267. The van der Waals surface area contributed by atoms with Crippen molar-refractivity contribution in [2.75, 3.05) is 13.2 Å². The highest BCUT2D eigenvalue weighted by Gasteiger charge is 2.20. The second kappa shape index (κ2) is 7.73. The Balaban J connectivity index is 4.23. The number of carbonyl (C=O) groups excluding carboxylic acids is 3. The van der Waals surface area contributed by atoms with E-state index in [4.69, 9.17) is 9.84 Å². The maximum absolute atomic E-state index is 11.6. The fourth-order valence-electron chi connectivity index (χ4n) is 1.28. The molecule has 1 atom stereocenters. The minimum Gasteiger partial charge on any atom is -0.444 e. The third-order valence-corrected chi connectivity index (χ3v) is 2.03. The summed E-state index contributed by atoms with van der Waals surface area (Å²) in [5.41, 5.74) is -0.612. The average molecular weight is 274 g/mol. The van der Waals surface area contributed by atoms with Crippen LogP contribution in [0.2, 0.25) is 0 Å². The number of hydrogen-bond acceptors (Lipinski definition) is 5. The Morgan fingerprint density at radius 2 is 2.00 bits per heavy atom. The van der Waals surface area contributed by atoms with Crippen LogP contribution >= 0.6 is 0 Å². The van der Waals surface area contributed by atoms with E-state index in [2.05, 4.69) is 5.32 Å². The predicted molar refractivity (Wildman–Crippen MR) is 68.3 cm³/mol. The van der Waals surface area contributed by atoms with Gasteiger partial charge in [0.2, 0.25) is 12.3 Å². The molecule has 0 aliphatic rings. The molecule has 1 unspecified atom stereocenters. The molecule has 0 heterocycles. The zero-order valence-electron chi connectivity index (χ0n) is 11.8. The Hall–Kier alpha value is -1.63. The van der Waals surface area contributed by atoms with Crippen molar-refractivity contribution in [3.63, 3.8) is 0 Å². The number of aliphatic hydroxyl groups excluding tert-OH is 1. The number of nitrogens with one attached hydrogen (secondary N) is 1. The molecule has 0 spiro atoms. The van der Waals surface area contributed by atoms with E-state index in [1.807, 2.05) is 0 Å². The van der Waals surface area contributed by atoms with Gasteiger partial charge in [0.15, 0.2) is 0 Å². The van der Waals surface area contributed by atoms with Crippen LogP contribution < -0.4 is 5.32 Å². The number of alkyl carbamates (subject to hydrolysis) is 1. The normalized spacial score (nSPS) is 12.5. The number of ether oxygens (including phenoxy) is 1. The molecule has 0 aliphatic heterocycles. The van der Waals surface area contributed by atoms with Gasteiger partial charge in [-0.3, -0.25) is 14.5 Å². The molecule has 7 heteroatoms. The Bertz CT molecular complexity index is 325. The molecular weight excluding hydrogens is 252 g/mol. The molecule has 0 bridgehead atoms. The van der Waals surface area contributed by atoms with Gasteiger partial charge in [-0.25, -0.2) is 4.79 Å². The van der Waals surface area contributed by atoms with Crippen molar-refractivity contribution >= 4 is 18.4 Å². The zero-order valence-corrected chi connectivity index (χ0v) is 11.8. The highest BCUT2D eigenvalue weighted by molar-refractivity contribution is 5.86. The van der Waals surface area contributed by atoms with Gasteiger partial charge >= 0.3 is 6.09 Å². The number of hydrogen-bond donors (Lipinski definition) is 2. The van der Waals surface area contributed by atoms with Crippen LogP contribution in [0.3, 0.4) is 0 Å². The molecular formula is C12H22N2O5. The molecule has 19 heavy (non-hydrogen) atoms. The number of rotatable bonds is 6. The van der Waals surface area contributed by atoms with E-state index in [-0.39, 0.29) is 19.6 Å². The summed E-state index contributed by atoms with van der Waals surface area (Å²) in [5.74, 6) is -0.465. The summed E-state index contributed by atoms with van der Waals surface area (Å²) < 4.78 is 5.04. The summed E-state index contributed by atoms with van der Waals surface area (Å²) in [6.07, 6.45) is -0.302. The lowest BCUT2D eigenvalue weighted by atomic mass is 10.2. The highest BCUT2D eigenvalue weighted by atomic mass is 16.6. The number of nitrogens with zero attached hydrogens (tertiary/aromatic N) is 1. The van der Waals surface area contributed by atoms with Crippen molar-refractivity contribution in [2.24, 2.45) is 0 Å². The molecule has 0 saturated carbocycles. The van der Waals surface area contributed by atoms with Gasteiger partial charge in [-0.2, -0.15) is 0 Å². The number of amides is 3. The smallest absolute Gasteiger partial charge is 0.407 e. The molecule has 0 aromatic carbocycles. The molecule has 0 rings (SSSR count). The molecule has 110 valence electrons. The maximum Gasteiger partial charge on any atom is 0.407 e. The third kappa shape index (κ3) is 8.15. The summed E-state index contributed by atoms with van der Waals surface area (Å²) in [5, 5.41) is 11.2. The van der Waals surface area contributed by atoms with Crippen molar-refractivity contribution in [3.8, 4) is 0 Å². The number of imide groups is 1. The monoisotopic (exact) mass is 274 g/mol. The average Bonchev–Trinajstić information content (AvgIpc) is 2.22. The second-order valence-electron chi connectivity index (χ2n) is 5.17. The van der Waals surface area contributed by atoms with Crippen molar-refractivity contribution in [1.82, 2.24) is 10.2 Å². The van der Waals surface area contributed by atoms with Crippen molar-refractivity contribution < 1.29 is 24.2 Å². The summed E-state index contributed by atoms with van der Waals surface area (Å²) in [6.45, 7) is 6.48. The fraction of sp³-hybridized carbons (Fsp3) is 0.750. The van der Waals surface area contributed by atoms with E-state index in [1.165, 1.54) is 0 Å². The van der Waals surface area contributed by atoms with Crippen LogP contribution in [-0.2, 0) is 14.3 Å². The first-order valence-corrected chi connectivity index (χ1v) is 6.04. The van der Waals surface area contributed by atoms with Crippen LogP contribution in [0.5, 0.6) is 0 Å². The van der Waals surface area contributed by atoms with E-state index in [9.17, 15) is 14.4 Å². The molecule has 0 radical (unpaired) electrons. The number of carbonyl (C=O) groups is 3. The van der Waals surface area contributed by atoms with Crippen molar-refractivity contribution in [1.29, 1.82) is 0 Å². The molecule has 0 fully saturated rings. The first-order valence-electron chi connectivity index (χ1n) is 6.04. The van der Waals surface area contributed by atoms with Gasteiger partial charge in [0.1, 0.15) is 5.60 Å². The van der Waals surface area contributed by atoms with Crippen LogP contribution in [0, 0.1) is 0 Å². The topological polar surface area (TPSA) is 95.9 Å². The second-order valence-corrected chi connectivity index (χ2v) is 5.17. The quantitative estimate of drug-likeness (QED) is 0.678. The van der Waals surface area contributed by atoms with E-state index in [0.717, 1.165) is 4.90 Å². The molecule has 0 aromatic rings.